The van der Waals surface area contributed by atoms with Crippen LogP contribution in [-0.4, -0.2) is 24.4 Å². The Kier molecular flexibility index (Phi) is 12.1. The molecule has 1 N–H and O–H groups in total. The number of carbonyl (C=O) groups is 1. The number of ether oxygens (including phenoxy) is 2. The Morgan fingerprint density at radius 1 is 1.08 bits per heavy atom. The van der Waals surface area contributed by atoms with Gasteiger partial charge < -0.3 is 14.6 Å². The molecule has 0 spiro atoms. The number of benzene rings is 2. The summed E-state index contributed by atoms with van der Waals surface area (Å²) in [5.41, 5.74) is 1.04. The zero-order chi connectivity index (χ0) is 28.3. The number of methoxy groups -OCH3 is 1. The molecular formula is C29H34F4O4S. The first kappa shape index (κ1) is 31.1. The van der Waals surface area contributed by atoms with Crippen LogP contribution in [0.15, 0.2) is 47.8 Å². The fraction of sp³-hybridized carbons (Fsp3) is 0.414. The molecule has 0 saturated heterocycles. The van der Waals surface area contributed by atoms with E-state index in [1.54, 1.807) is 29.6 Å². The minimum Gasteiger partial charge on any atom is -0.497 e. The van der Waals surface area contributed by atoms with Crippen LogP contribution in [0.1, 0.15) is 69.1 Å². The molecule has 1 aliphatic rings. The van der Waals surface area contributed by atoms with E-state index in [0.29, 0.717) is 23.5 Å². The average Bonchev–Trinajstić information content (AvgIpc) is 3.73. The maximum Gasteiger partial charge on any atom is 0.395 e. The molecule has 0 radical (unpaired) electrons. The van der Waals surface area contributed by atoms with Crippen molar-refractivity contribution in [3.63, 3.8) is 0 Å². The van der Waals surface area contributed by atoms with Gasteiger partial charge in [0, 0.05) is 22.4 Å². The molecule has 3 aromatic rings. The van der Waals surface area contributed by atoms with Crippen molar-refractivity contribution in [3.8, 4) is 21.9 Å². The van der Waals surface area contributed by atoms with Crippen molar-refractivity contribution in [2.45, 2.75) is 71.6 Å². The summed E-state index contributed by atoms with van der Waals surface area (Å²) in [5, 5.41) is 10.4. The zero-order valence-corrected chi connectivity index (χ0v) is 22.8. The van der Waals surface area contributed by atoms with Gasteiger partial charge in [0.25, 0.3) is 0 Å². The van der Waals surface area contributed by atoms with Gasteiger partial charge in [0.2, 0.25) is 0 Å². The number of hydrogen-bond donors (Lipinski definition) is 1. The maximum atomic E-state index is 14.6. The topological polar surface area (TPSA) is 55.8 Å². The minimum atomic E-state index is -4.53. The smallest absolute Gasteiger partial charge is 0.395 e. The van der Waals surface area contributed by atoms with Crippen LogP contribution in [0.3, 0.4) is 0 Å². The largest absolute Gasteiger partial charge is 0.497 e. The Balaban J connectivity index is 0.000000925. The molecular weight excluding hydrogens is 520 g/mol. The van der Waals surface area contributed by atoms with Gasteiger partial charge in [-0.25, -0.2) is 4.39 Å². The second kappa shape index (κ2) is 14.8. The van der Waals surface area contributed by atoms with Crippen molar-refractivity contribution >= 4 is 17.3 Å². The fourth-order valence-corrected chi connectivity index (χ4v) is 4.54. The number of aliphatic carboxylic acids is 1. The second-order valence-electron chi connectivity index (χ2n) is 8.50. The first-order valence-electron chi connectivity index (χ1n) is 12.5. The Labute approximate surface area is 225 Å². The molecule has 1 aliphatic carbocycles. The van der Waals surface area contributed by atoms with Gasteiger partial charge >= 0.3 is 12.1 Å². The molecule has 1 atom stereocenters. The molecule has 1 unspecified atom stereocenters. The highest BCUT2D eigenvalue weighted by Gasteiger charge is 2.40. The molecule has 38 heavy (non-hydrogen) atoms. The SMILES string of the molecule is C1CC1.CC.COc1ccc(F)c(-c2scc(COc3cccc(CCC(=O)O)c3)c2C(C)C(F)(F)F)c1. The number of aryl methyl sites for hydroxylation is 1. The number of thiophene rings is 1. The molecule has 9 heteroatoms. The summed E-state index contributed by atoms with van der Waals surface area (Å²) in [5.74, 6) is -2.68. The molecule has 0 aliphatic heterocycles. The lowest BCUT2D eigenvalue weighted by Crippen LogP contribution is -2.19. The van der Waals surface area contributed by atoms with Crippen molar-refractivity contribution in [2.75, 3.05) is 7.11 Å². The second-order valence-corrected chi connectivity index (χ2v) is 9.38. The molecule has 208 valence electrons. The number of alkyl halides is 3. The van der Waals surface area contributed by atoms with Crippen LogP contribution in [0.4, 0.5) is 17.6 Å². The molecule has 1 aromatic heterocycles. The molecule has 1 fully saturated rings. The van der Waals surface area contributed by atoms with E-state index in [1.165, 1.54) is 38.5 Å². The number of hydrogen-bond acceptors (Lipinski definition) is 4. The van der Waals surface area contributed by atoms with Gasteiger partial charge in [0.1, 0.15) is 23.9 Å². The lowest BCUT2D eigenvalue weighted by atomic mass is 9.94. The van der Waals surface area contributed by atoms with E-state index < -0.39 is 23.9 Å². The molecule has 2 aromatic carbocycles. The first-order chi connectivity index (χ1) is 18.1. The van der Waals surface area contributed by atoms with E-state index in [0.717, 1.165) is 29.9 Å². The summed E-state index contributed by atoms with van der Waals surface area (Å²) < 4.78 is 66.5. The predicted molar refractivity (Wildman–Crippen MR) is 143 cm³/mol. The molecule has 4 rings (SSSR count). The Bertz CT molecular complexity index is 1170. The first-order valence-corrected chi connectivity index (χ1v) is 13.4. The van der Waals surface area contributed by atoms with E-state index in [2.05, 4.69) is 0 Å². The van der Waals surface area contributed by atoms with Crippen LogP contribution in [0.2, 0.25) is 0 Å². The third-order valence-corrected chi connectivity index (χ3v) is 6.60. The van der Waals surface area contributed by atoms with Gasteiger partial charge in [-0.1, -0.05) is 45.2 Å². The summed E-state index contributed by atoms with van der Waals surface area (Å²) >= 11 is 1.02. The van der Waals surface area contributed by atoms with Crippen molar-refractivity contribution < 1.29 is 36.9 Å². The number of halogens is 4. The molecule has 0 bridgehead atoms. The van der Waals surface area contributed by atoms with E-state index in [4.69, 9.17) is 14.6 Å². The molecule has 0 amide bonds. The highest BCUT2D eigenvalue weighted by Crippen LogP contribution is 2.45. The van der Waals surface area contributed by atoms with Gasteiger partial charge in [0.05, 0.1) is 13.0 Å². The van der Waals surface area contributed by atoms with E-state index in [-0.39, 0.29) is 29.0 Å². The highest BCUT2D eigenvalue weighted by atomic mass is 32.1. The number of carboxylic acids is 1. The lowest BCUT2D eigenvalue weighted by Gasteiger charge is -2.19. The third kappa shape index (κ3) is 9.35. The van der Waals surface area contributed by atoms with Crippen LogP contribution < -0.4 is 9.47 Å². The summed E-state index contributed by atoms with van der Waals surface area (Å²) in [6.45, 7) is 4.89. The Morgan fingerprint density at radius 2 is 1.76 bits per heavy atom. The number of carboxylic acid groups (broad SMARTS) is 1. The molecule has 1 saturated carbocycles. The third-order valence-electron chi connectivity index (χ3n) is 5.53. The van der Waals surface area contributed by atoms with E-state index in [1.807, 2.05) is 13.8 Å². The predicted octanol–water partition coefficient (Wildman–Crippen LogP) is 9.02. The molecule has 1 heterocycles. The lowest BCUT2D eigenvalue weighted by molar-refractivity contribution is -0.146. The van der Waals surface area contributed by atoms with E-state index >= 15 is 0 Å². The minimum absolute atomic E-state index is 0.0346. The monoisotopic (exact) mass is 554 g/mol. The highest BCUT2D eigenvalue weighted by molar-refractivity contribution is 7.14. The normalized spacial score (nSPS) is 12.8. The van der Waals surface area contributed by atoms with Crippen molar-refractivity contribution in [1.82, 2.24) is 0 Å². The van der Waals surface area contributed by atoms with Crippen molar-refractivity contribution in [1.29, 1.82) is 0 Å². The van der Waals surface area contributed by atoms with Gasteiger partial charge in [-0.05, 0) is 60.2 Å². The zero-order valence-electron chi connectivity index (χ0n) is 22.0. The summed E-state index contributed by atoms with van der Waals surface area (Å²) in [6, 6.07) is 10.7. The summed E-state index contributed by atoms with van der Waals surface area (Å²) in [4.78, 5) is 10.9. The summed E-state index contributed by atoms with van der Waals surface area (Å²) in [6.07, 6.45) is 0.230. The van der Waals surface area contributed by atoms with Gasteiger partial charge in [-0.15, -0.1) is 11.3 Å². The average molecular weight is 555 g/mol. The Hall–Kier alpha value is -3.07. The van der Waals surface area contributed by atoms with Crippen LogP contribution in [0.25, 0.3) is 10.4 Å². The van der Waals surface area contributed by atoms with Crippen molar-refractivity contribution in [2.24, 2.45) is 0 Å². The van der Waals surface area contributed by atoms with Crippen LogP contribution >= 0.6 is 11.3 Å². The van der Waals surface area contributed by atoms with Crippen LogP contribution in [0.5, 0.6) is 11.5 Å². The van der Waals surface area contributed by atoms with Crippen LogP contribution in [-0.2, 0) is 17.8 Å². The van der Waals surface area contributed by atoms with E-state index in [9.17, 15) is 22.4 Å². The van der Waals surface area contributed by atoms with Crippen molar-refractivity contribution in [3.05, 3.63) is 70.4 Å². The molecule has 4 nitrogen and oxygen atoms in total. The fourth-order valence-electron chi connectivity index (χ4n) is 3.37. The van der Waals surface area contributed by atoms with Gasteiger partial charge in [0.15, 0.2) is 0 Å². The van der Waals surface area contributed by atoms with Gasteiger partial charge in [-0.3, -0.25) is 4.79 Å². The Morgan fingerprint density at radius 3 is 2.34 bits per heavy atom. The van der Waals surface area contributed by atoms with Crippen LogP contribution in [0, 0.1) is 5.82 Å². The summed E-state index contributed by atoms with van der Waals surface area (Å²) in [7, 11) is 1.40. The van der Waals surface area contributed by atoms with Gasteiger partial charge in [-0.2, -0.15) is 13.2 Å². The quantitative estimate of drug-likeness (QED) is 0.268. The maximum absolute atomic E-state index is 14.6. The number of rotatable bonds is 9. The standard InChI is InChI=1S/C24H22F4O4S.C3H6.C2H6/c1-14(24(26,27)28)22-16(12-32-18-5-3-4-15(10-18)6-9-21(29)30)13-33-23(22)19-11-17(31-2)7-8-20(19)25;1-2-3-1;1-2/h3-5,7-8,10-11,13-14H,6,9,12H2,1-2H3,(H,29,30);1-3H2;1-2H3.